The second kappa shape index (κ2) is 7.54. The number of hydrogen-bond acceptors (Lipinski definition) is 2. The van der Waals surface area contributed by atoms with Gasteiger partial charge in [-0.05, 0) is 35.2 Å². The molecule has 0 saturated carbocycles. The van der Waals surface area contributed by atoms with E-state index in [-0.39, 0.29) is 5.41 Å². The van der Waals surface area contributed by atoms with Crippen molar-refractivity contribution in [1.82, 2.24) is 0 Å². The van der Waals surface area contributed by atoms with Crippen LogP contribution in [0.25, 0.3) is 0 Å². The fraction of sp³-hybridized carbons (Fsp3) is 0.174. The fourth-order valence-electron chi connectivity index (χ4n) is 2.67. The lowest BCUT2D eigenvalue weighted by Gasteiger charge is -2.22. The SMILES string of the molecule is CC(C)(C)c1ccc(N(O)C(=Nc2ccccc2)c2ccccc2)cc1. The molecule has 0 fully saturated rings. The topological polar surface area (TPSA) is 35.8 Å². The number of nitrogens with zero attached hydrogens (tertiary/aromatic N) is 2. The summed E-state index contributed by atoms with van der Waals surface area (Å²) >= 11 is 0. The van der Waals surface area contributed by atoms with Crippen LogP contribution in [-0.4, -0.2) is 11.0 Å². The molecule has 3 aromatic carbocycles. The van der Waals surface area contributed by atoms with E-state index in [1.807, 2.05) is 84.9 Å². The van der Waals surface area contributed by atoms with Gasteiger partial charge in [0.2, 0.25) is 0 Å². The van der Waals surface area contributed by atoms with E-state index >= 15 is 0 Å². The van der Waals surface area contributed by atoms with Gasteiger partial charge in [0, 0.05) is 5.56 Å². The number of aliphatic imine (C=N–C) groups is 1. The monoisotopic (exact) mass is 344 g/mol. The molecule has 0 heterocycles. The first kappa shape index (κ1) is 17.9. The standard InChI is InChI=1S/C23H24N2O/c1-23(2,3)19-14-16-21(17-15-19)25(26)22(18-10-6-4-7-11-18)24-20-12-8-5-9-13-20/h4-17,26H,1-3H3. The Morgan fingerprint density at radius 1 is 0.769 bits per heavy atom. The Morgan fingerprint density at radius 2 is 1.31 bits per heavy atom. The molecule has 3 rings (SSSR count). The van der Waals surface area contributed by atoms with Crippen LogP contribution in [0, 0.1) is 0 Å². The number of amidine groups is 1. The maximum Gasteiger partial charge on any atom is 0.165 e. The highest BCUT2D eigenvalue weighted by Gasteiger charge is 2.17. The first-order chi connectivity index (χ1) is 12.4. The second-order valence-corrected chi connectivity index (χ2v) is 7.25. The minimum Gasteiger partial charge on any atom is -0.282 e. The Bertz CT molecular complexity index is 864. The number of hydrogen-bond donors (Lipinski definition) is 1. The van der Waals surface area contributed by atoms with E-state index < -0.39 is 0 Å². The molecule has 1 N–H and O–H groups in total. The quantitative estimate of drug-likeness (QED) is 0.361. The Hall–Kier alpha value is -2.91. The molecule has 0 aliphatic heterocycles. The third-order valence-corrected chi connectivity index (χ3v) is 4.20. The lowest BCUT2D eigenvalue weighted by Crippen LogP contribution is -2.28. The summed E-state index contributed by atoms with van der Waals surface area (Å²) in [6.45, 7) is 6.51. The Morgan fingerprint density at radius 3 is 1.85 bits per heavy atom. The van der Waals surface area contributed by atoms with Crippen molar-refractivity contribution in [2.75, 3.05) is 5.06 Å². The van der Waals surface area contributed by atoms with Gasteiger partial charge in [-0.15, -0.1) is 0 Å². The predicted molar refractivity (Wildman–Crippen MR) is 108 cm³/mol. The smallest absolute Gasteiger partial charge is 0.165 e. The third-order valence-electron chi connectivity index (χ3n) is 4.20. The summed E-state index contributed by atoms with van der Waals surface area (Å²) in [5.74, 6) is 0.486. The van der Waals surface area contributed by atoms with Gasteiger partial charge in [-0.25, -0.2) is 10.1 Å². The maximum absolute atomic E-state index is 10.9. The van der Waals surface area contributed by atoms with E-state index in [0.29, 0.717) is 11.5 Å². The number of para-hydroxylation sites is 1. The minimum atomic E-state index is 0.0687. The number of anilines is 1. The molecule has 0 bridgehead atoms. The molecular formula is C23H24N2O. The molecular weight excluding hydrogens is 320 g/mol. The van der Waals surface area contributed by atoms with Crippen LogP contribution >= 0.6 is 0 Å². The maximum atomic E-state index is 10.9. The van der Waals surface area contributed by atoms with Crippen LogP contribution in [0.1, 0.15) is 31.9 Å². The summed E-state index contributed by atoms with van der Waals surface area (Å²) in [5, 5.41) is 12.0. The highest BCUT2D eigenvalue weighted by Crippen LogP contribution is 2.26. The molecule has 3 nitrogen and oxygen atoms in total. The van der Waals surface area contributed by atoms with E-state index in [9.17, 15) is 5.21 Å². The van der Waals surface area contributed by atoms with E-state index in [1.54, 1.807) is 0 Å². The third kappa shape index (κ3) is 4.19. The van der Waals surface area contributed by atoms with E-state index in [2.05, 4.69) is 25.8 Å². The summed E-state index contributed by atoms with van der Waals surface area (Å²) < 4.78 is 0. The van der Waals surface area contributed by atoms with Crippen LogP contribution in [0.15, 0.2) is 89.9 Å². The van der Waals surface area contributed by atoms with Gasteiger partial charge in [0.05, 0.1) is 11.4 Å². The Kier molecular flexibility index (Phi) is 5.19. The molecule has 3 aromatic rings. The molecule has 3 heteroatoms. The molecule has 0 aliphatic carbocycles. The van der Waals surface area contributed by atoms with Gasteiger partial charge in [0.25, 0.3) is 0 Å². The minimum absolute atomic E-state index is 0.0687. The molecule has 0 saturated heterocycles. The van der Waals surface area contributed by atoms with E-state index in [0.717, 1.165) is 16.3 Å². The summed E-state index contributed by atoms with van der Waals surface area (Å²) in [7, 11) is 0. The zero-order valence-corrected chi connectivity index (χ0v) is 15.4. The first-order valence-electron chi connectivity index (χ1n) is 8.74. The van der Waals surface area contributed by atoms with Crippen LogP contribution in [0.4, 0.5) is 11.4 Å². The Labute approximate surface area is 155 Å². The second-order valence-electron chi connectivity index (χ2n) is 7.25. The van der Waals surface area contributed by atoms with Crippen LogP contribution in [-0.2, 0) is 5.41 Å². The predicted octanol–water partition coefficient (Wildman–Crippen LogP) is 5.96. The van der Waals surface area contributed by atoms with Crippen LogP contribution < -0.4 is 5.06 Å². The molecule has 0 amide bonds. The molecule has 0 aliphatic rings. The molecule has 0 radical (unpaired) electrons. The van der Waals surface area contributed by atoms with Crippen molar-refractivity contribution in [2.24, 2.45) is 4.99 Å². The van der Waals surface area contributed by atoms with Gasteiger partial charge in [-0.3, -0.25) is 5.21 Å². The summed E-state index contributed by atoms with van der Waals surface area (Å²) in [6, 6.07) is 27.3. The van der Waals surface area contributed by atoms with Crippen molar-refractivity contribution in [3.63, 3.8) is 0 Å². The van der Waals surface area contributed by atoms with E-state index in [1.165, 1.54) is 5.56 Å². The Balaban J connectivity index is 2.00. The summed E-state index contributed by atoms with van der Waals surface area (Å²) in [6.07, 6.45) is 0. The lowest BCUT2D eigenvalue weighted by molar-refractivity contribution is 0.312. The lowest BCUT2D eigenvalue weighted by atomic mass is 9.87. The average molecular weight is 344 g/mol. The molecule has 0 atom stereocenters. The summed E-state index contributed by atoms with van der Waals surface area (Å²) in [5.41, 5.74) is 3.60. The zero-order chi connectivity index (χ0) is 18.6. The van der Waals surface area contributed by atoms with Crippen LogP contribution in [0.3, 0.4) is 0 Å². The fourth-order valence-corrected chi connectivity index (χ4v) is 2.67. The molecule has 0 unspecified atom stereocenters. The summed E-state index contributed by atoms with van der Waals surface area (Å²) in [4.78, 5) is 4.67. The van der Waals surface area contributed by atoms with Crippen LogP contribution in [0.5, 0.6) is 0 Å². The van der Waals surface area contributed by atoms with Crippen molar-refractivity contribution in [3.05, 3.63) is 96.1 Å². The van der Waals surface area contributed by atoms with Crippen molar-refractivity contribution < 1.29 is 5.21 Å². The van der Waals surface area contributed by atoms with Gasteiger partial charge in [-0.2, -0.15) is 0 Å². The number of benzene rings is 3. The van der Waals surface area contributed by atoms with Gasteiger partial charge >= 0.3 is 0 Å². The van der Waals surface area contributed by atoms with Gasteiger partial charge in [-0.1, -0.05) is 81.4 Å². The van der Waals surface area contributed by atoms with Gasteiger partial charge in [0.15, 0.2) is 5.84 Å². The number of hydroxylamine groups is 1. The molecule has 26 heavy (non-hydrogen) atoms. The highest BCUT2D eigenvalue weighted by molar-refractivity contribution is 6.09. The van der Waals surface area contributed by atoms with Gasteiger partial charge in [0.1, 0.15) is 0 Å². The van der Waals surface area contributed by atoms with E-state index in [4.69, 9.17) is 0 Å². The van der Waals surface area contributed by atoms with Crippen molar-refractivity contribution in [1.29, 1.82) is 0 Å². The van der Waals surface area contributed by atoms with Crippen molar-refractivity contribution in [3.8, 4) is 0 Å². The normalized spacial score (nSPS) is 12.1. The average Bonchev–Trinajstić information content (AvgIpc) is 2.66. The molecule has 0 spiro atoms. The zero-order valence-electron chi connectivity index (χ0n) is 15.4. The molecule has 0 aromatic heterocycles. The molecule has 132 valence electrons. The van der Waals surface area contributed by atoms with Crippen molar-refractivity contribution in [2.45, 2.75) is 26.2 Å². The largest absolute Gasteiger partial charge is 0.282 e. The number of rotatable bonds is 3. The van der Waals surface area contributed by atoms with Crippen molar-refractivity contribution >= 4 is 17.2 Å². The highest BCUT2D eigenvalue weighted by atomic mass is 16.5. The van der Waals surface area contributed by atoms with Crippen LogP contribution in [0.2, 0.25) is 0 Å². The van der Waals surface area contributed by atoms with Gasteiger partial charge < -0.3 is 0 Å². The first-order valence-corrected chi connectivity index (χ1v) is 8.74.